The van der Waals surface area contributed by atoms with E-state index in [4.69, 9.17) is 28.4 Å². The van der Waals surface area contributed by atoms with Gasteiger partial charge < -0.3 is 28.4 Å². The Morgan fingerprint density at radius 1 is 0.333 bits per heavy atom. The fourth-order valence-corrected chi connectivity index (χ4v) is 13.9. The van der Waals surface area contributed by atoms with E-state index in [1.54, 1.807) is 0 Å². The summed E-state index contributed by atoms with van der Waals surface area (Å²) in [4.78, 5) is 0. The van der Waals surface area contributed by atoms with Crippen LogP contribution in [-0.2, 0) is 28.4 Å². The molecule has 0 aromatic heterocycles. The van der Waals surface area contributed by atoms with Gasteiger partial charge in [0.15, 0.2) is 0 Å². The molecule has 326 valence electrons. The Morgan fingerprint density at radius 3 is 0.815 bits per heavy atom. The predicted molar refractivity (Wildman–Crippen MR) is 245 cm³/mol. The molecule has 0 aliphatic carbocycles. The lowest BCUT2D eigenvalue weighted by Crippen LogP contribution is -2.40. The summed E-state index contributed by atoms with van der Waals surface area (Å²) in [6.45, 7) is 21.7. The van der Waals surface area contributed by atoms with E-state index in [0.29, 0.717) is 39.6 Å². The third-order valence-electron chi connectivity index (χ3n) is 9.46. The van der Waals surface area contributed by atoms with E-state index in [1.165, 1.54) is 103 Å². The highest BCUT2D eigenvalue weighted by atomic mass is 33.7. The minimum Gasteiger partial charge on any atom is -0.327 e. The fraction of sp³-hybridized carbons (Fsp3) is 1.00. The second-order valence-corrected chi connectivity index (χ2v) is 21.3. The van der Waals surface area contributed by atoms with Gasteiger partial charge in [0.1, 0.15) is 0 Å². The molecule has 0 aromatic rings. The van der Waals surface area contributed by atoms with Crippen molar-refractivity contribution in [1.29, 1.82) is 0 Å². The molecule has 6 nitrogen and oxygen atoms in total. The highest BCUT2D eigenvalue weighted by molar-refractivity contribution is 9.26. The first kappa shape index (κ1) is 55.2. The zero-order valence-corrected chi connectivity index (χ0v) is 40.1. The van der Waals surface area contributed by atoms with Crippen LogP contribution in [0.15, 0.2) is 0 Å². The largest absolute Gasteiger partial charge is 0.327 e. The molecular formula is C44H90O6S4. The van der Waals surface area contributed by atoms with Crippen LogP contribution in [0.25, 0.3) is 0 Å². The van der Waals surface area contributed by atoms with E-state index in [2.05, 4.69) is 77.0 Å². The Morgan fingerprint density at radius 2 is 0.574 bits per heavy atom. The summed E-state index contributed by atoms with van der Waals surface area (Å²) in [5.74, 6) is -1.68. The molecule has 2 unspecified atom stereocenters. The lowest BCUT2D eigenvalue weighted by Gasteiger charge is -2.33. The fourth-order valence-electron chi connectivity index (χ4n) is 6.21. The highest BCUT2D eigenvalue weighted by Crippen LogP contribution is 2.49. The minimum absolute atomic E-state index is 0.686. The third-order valence-corrected chi connectivity index (χ3v) is 17.0. The first-order valence-electron chi connectivity index (χ1n) is 22.9. The van der Waals surface area contributed by atoms with Crippen molar-refractivity contribution in [2.75, 3.05) is 39.6 Å². The van der Waals surface area contributed by atoms with Crippen molar-refractivity contribution in [1.82, 2.24) is 0 Å². The molecule has 0 saturated carbocycles. The maximum atomic E-state index is 6.13. The third kappa shape index (κ3) is 31.1. The van der Waals surface area contributed by atoms with Gasteiger partial charge in [-0.15, -0.1) is 0 Å². The zero-order chi connectivity index (χ0) is 39.9. The molecule has 0 bridgehead atoms. The quantitative estimate of drug-likeness (QED) is 0.0336. The van der Waals surface area contributed by atoms with Crippen LogP contribution in [0.4, 0.5) is 0 Å². The average molecular weight is 843 g/mol. The van der Waals surface area contributed by atoms with E-state index in [1.807, 2.05) is 19.7 Å². The van der Waals surface area contributed by atoms with Crippen molar-refractivity contribution in [2.24, 2.45) is 0 Å². The van der Waals surface area contributed by atoms with Crippen LogP contribution in [0.5, 0.6) is 0 Å². The zero-order valence-electron chi connectivity index (χ0n) is 36.9. The number of rotatable bonds is 45. The first-order chi connectivity index (χ1) is 26.4. The maximum absolute atomic E-state index is 6.13. The SMILES string of the molecule is CCCOC(CCCCCCCCCC(CC)SSSSC(CC)CCCCCCCCCC(OCCC)(OCCC)OCCC)(OCCC)OCCC. The van der Waals surface area contributed by atoms with Crippen LogP contribution in [0.3, 0.4) is 0 Å². The van der Waals surface area contributed by atoms with Gasteiger partial charge in [-0.25, -0.2) is 0 Å². The topological polar surface area (TPSA) is 55.4 Å². The van der Waals surface area contributed by atoms with E-state index in [-0.39, 0.29) is 0 Å². The molecule has 54 heavy (non-hydrogen) atoms. The van der Waals surface area contributed by atoms with Crippen molar-refractivity contribution < 1.29 is 28.4 Å². The lowest BCUT2D eigenvalue weighted by molar-refractivity contribution is -0.384. The summed E-state index contributed by atoms with van der Waals surface area (Å²) < 4.78 is 36.8. The number of hydrogen-bond acceptors (Lipinski definition) is 10. The molecule has 0 saturated heterocycles. The Balaban J connectivity index is 4.06. The summed E-state index contributed by atoms with van der Waals surface area (Å²) in [5, 5.41) is 1.55. The van der Waals surface area contributed by atoms with Gasteiger partial charge in [-0.2, -0.15) is 0 Å². The van der Waals surface area contributed by atoms with Crippen molar-refractivity contribution in [3.63, 3.8) is 0 Å². The van der Waals surface area contributed by atoms with Crippen molar-refractivity contribution in [2.45, 2.75) is 245 Å². The van der Waals surface area contributed by atoms with Gasteiger partial charge in [0, 0.05) is 23.3 Å². The molecule has 0 heterocycles. The van der Waals surface area contributed by atoms with Gasteiger partial charge in [-0.05, 0) is 96.7 Å². The molecule has 0 aromatic carbocycles. The summed E-state index contributed by atoms with van der Waals surface area (Å²) in [6.07, 6.45) is 30.8. The second-order valence-electron chi connectivity index (χ2n) is 14.9. The minimum atomic E-state index is -0.838. The van der Waals surface area contributed by atoms with Gasteiger partial charge in [0.05, 0.1) is 39.6 Å². The molecule has 0 fully saturated rings. The molecule has 0 rings (SSSR count). The van der Waals surface area contributed by atoms with Crippen molar-refractivity contribution in [3.05, 3.63) is 0 Å². The first-order valence-corrected chi connectivity index (χ1v) is 27.9. The molecule has 0 N–H and O–H groups in total. The molecule has 0 aliphatic rings. The summed E-state index contributed by atoms with van der Waals surface area (Å²) in [7, 11) is 8.30. The number of unbranched alkanes of at least 4 members (excludes halogenated alkanes) is 12. The molecule has 0 amide bonds. The van der Waals surface area contributed by atoms with Crippen molar-refractivity contribution >= 4 is 41.2 Å². The van der Waals surface area contributed by atoms with Crippen LogP contribution in [-0.4, -0.2) is 62.1 Å². The van der Waals surface area contributed by atoms with Crippen LogP contribution < -0.4 is 0 Å². The number of ether oxygens (including phenoxy) is 6. The van der Waals surface area contributed by atoms with Gasteiger partial charge in [0.25, 0.3) is 11.9 Å². The predicted octanol–water partition coefficient (Wildman–Crippen LogP) is 16.1. The molecule has 0 aliphatic heterocycles. The van der Waals surface area contributed by atoms with Crippen LogP contribution in [0.1, 0.15) is 222 Å². The Bertz CT molecular complexity index is 648. The molecule has 0 radical (unpaired) electrons. The van der Waals surface area contributed by atoms with Crippen LogP contribution in [0, 0.1) is 0 Å². The van der Waals surface area contributed by atoms with E-state index < -0.39 is 11.9 Å². The normalized spacial score (nSPS) is 13.6. The van der Waals surface area contributed by atoms with E-state index in [0.717, 1.165) is 74.7 Å². The average Bonchev–Trinajstić information content (AvgIpc) is 3.19. The standard InChI is InChI=1S/C44H90O6S4/c1-9-35-45-43(46-36-10-2,47-37-11-3)33-29-25-21-17-19-23-27-31-41(15-7)51-53-54-52-42(16-8)32-28-24-20-18-22-26-30-34-44(48-38-12-4,49-39-13-5)50-40-14-6/h41-42H,9-40H2,1-8H3. The maximum Gasteiger partial charge on any atom is 0.282 e. The Hall–Kier alpha value is 1.16. The van der Waals surface area contributed by atoms with Gasteiger partial charge in [-0.1, -0.05) is 154 Å². The van der Waals surface area contributed by atoms with Gasteiger partial charge >= 0.3 is 0 Å². The summed E-state index contributed by atoms with van der Waals surface area (Å²) >= 11 is 0. The Kier molecular flexibility index (Phi) is 41.8. The Labute approximate surface area is 352 Å². The lowest BCUT2D eigenvalue weighted by atomic mass is 10.1. The smallest absolute Gasteiger partial charge is 0.282 e. The van der Waals surface area contributed by atoms with E-state index >= 15 is 0 Å². The second kappa shape index (κ2) is 40.9. The van der Waals surface area contributed by atoms with Crippen LogP contribution >= 0.6 is 41.2 Å². The van der Waals surface area contributed by atoms with Gasteiger partial charge in [-0.3, -0.25) is 0 Å². The van der Waals surface area contributed by atoms with Crippen LogP contribution in [0.2, 0.25) is 0 Å². The highest BCUT2D eigenvalue weighted by Gasteiger charge is 2.33. The molecule has 0 spiro atoms. The summed E-state index contributed by atoms with van der Waals surface area (Å²) in [6, 6.07) is 0. The molecule has 10 heteroatoms. The molecule has 2 atom stereocenters. The van der Waals surface area contributed by atoms with Crippen molar-refractivity contribution in [3.8, 4) is 0 Å². The summed E-state index contributed by atoms with van der Waals surface area (Å²) in [5.41, 5.74) is 0. The monoisotopic (exact) mass is 843 g/mol. The van der Waals surface area contributed by atoms with Gasteiger partial charge in [0.2, 0.25) is 0 Å². The number of hydrogen-bond donors (Lipinski definition) is 0. The van der Waals surface area contributed by atoms with E-state index in [9.17, 15) is 0 Å². The molecular weight excluding hydrogens is 753 g/mol.